The molecule has 1 aromatic rings. The number of rotatable bonds is 3. The highest BCUT2D eigenvalue weighted by atomic mass is 16.3. The van der Waals surface area contributed by atoms with E-state index in [1.165, 1.54) is 6.42 Å². The average molecular weight is 384 g/mol. The van der Waals surface area contributed by atoms with Gasteiger partial charge in [-0.05, 0) is 63.9 Å². The Hall–Kier alpha value is -1.87. The Morgan fingerprint density at radius 3 is 2.46 bits per heavy atom. The van der Waals surface area contributed by atoms with Crippen molar-refractivity contribution in [2.45, 2.75) is 32.3 Å². The first kappa shape index (κ1) is 20.9. The van der Waals surface area contributed by atoms with Crippen LogP contribution in [0.1, 0.15) is 42.6 Å². The maximum absolute atomic E-state index is 12.9. The summed E-state index contributed by atoms with van der Waals surface area (Å²) in [4.78, 5) is 19.9. The molecule has 2 heterocycles. The highest BCUT2D eigenvalue weighted by Gasteiger charge is 2.26. The lowest BCUT2D eigenvalue weighted by Crippen LogP contribution is -2.49. The van der Waals surface area contributed by atoms with Crippen molar-refractivity contribution in [3.8, 4) is 11.8 Å². The molecule has 5 heteroatoms. The van der Waals surface area contributed by atoms with Gasteiger partial charge in [-0.25, -0.2) is 0 Å². The van der Waals surface area contributed by atoms with Crippen LogP contribution in [0.25, 0.3) is 0 Å². The van der Waals surface area contributed by atoms with E-state index < -0.39 is 5.60 Å². The summed E-state index contributed by atoms with van der Waals surface area (Å²) in [5.41, 5.74) is 0.514. The van der Waals surface area contributed by atoms with Crippen molar-refractivity contribution in [1.29, 1.82) is 0 Å². The Balaban J connectivity index is 1.56. The molecule has 1 aromatic carbocycles. The highest BCUT2D eigenvalue weighted by molar-refractivity contribution is 5.94. The quantitative estimate of drug-likeness (QED) is 0.810. The van der Waals surface area contributed by atoms with Crippen molar-refractivity contribution in [1.82, 2.24) is 14.7 Å². The summed E-state index contributed by atoms with van der Waals surface area (Å²) in [6, 6.07) is 7.41. The minimum absolute atomic E-state index is 0.116. The van der Waals surface area contributed by atoms with Gasteiger partial charge in [0.2, 0.25) is 0 Å². The number of amides is 1. The first-order valence-corrected chi connectivity index (χ1v) is 10.4. The number of hydrogen-bond donors (Lipinski definition) is 1. The molecule has 1 atom stereocenters. The Morgan fingerprint density at radius 1 is 1.14 bits per heavy atom. The lowest BCUT2D eigenvalue weighted by Gasteiger charge is -2.38. The zero-order chi connectivity index (χ0) is 20.1. The van der Waals surface area contributed by atoms with Gasteiger partial charge in [0.05, 0.1) is 0 Å². The minimum atomic E-state index is -1.01. The third kappa shape index (κ3) is 6.07. The lowest BCUT2D eigenvalue weighted by atomic mass is 9.96. The van der Waals surface area contributed by atoms with E-state index in [-0.39, 0.29) is 5.91 Å². The molecule has 2 saturated heterocycles. The largest absolute Gasteiger partial charge is 0.378 e. The van der Waals surface area contributed by atoms with Crippen molar-refractivity contribution < 1.29 is 9.90 Å². The first-order chi connectivity index (χ1) is 13.3. The van der Waals surface area contributed by atoms with Crippen molar-refractivity contribution >= 4 is 5.91 Å². The molecule has 0 aromatic heterocycles. The second-order valence-corrected chi connectivity index (χ2v) is 8.75. The fourth-order valence-electron chi connectivity index (χ4n) is 3.90. The van der Waals surface area contributed by atoms with Gasteiger partial charge in [-0.3, -0.25) is 4.79 Å². The van der Waals surface area contributed by atoms with Gasteiger partial charge in [0, 0.05) is 56.9 Å². The van der Waals surface area contributed by atoms with Crippen LogP contribution in [0.4, 0.5) is 0 Å². The van der Waals surface area contributed by atoms with Crippen LogP contribution in [-0.4, -0.2) is 84.2 Å². The number of hydrogen-bond acceptors (Lipinski definition) is 4. The lowest BCUT2D eigenvalue weighted by molar-refractivity contribution is 0.0609. The van der Waals surface area contributed by atoms with Crippen LogP contribution in [-0.2, 0) is 0 Å². The van der Waals surface area contributed by atoms with E-state index in [9.17, 15) is 9.90 Å². The van der Waals surface area contributed by atoms with Gasteiger partial charge < -0.3 is 19.8 Å². The number of piperazine rings is 1. The Labute approximate surface area is 169 Å². The number of carbonyl (C=O) groups is 1. The summed E-state index contributed by atoms with van der Waals surface area (Å²) in [7, 11) is 2.18. The fraction of sp³-hybridized carbons (Fsp3) is 0.609. The molecular formula is C23H33N3O2. The molecule has 0 saturated carbocycles. The number of piperidine rings is 1. The van der Waals surface area contributed by atoms with Crippen LogP contribution >= 0.6 is 0 Å². The predicted octanol–water partition coefficient (Wildman–Crippen LogP) is 1.91. The molecule has 1 unspecified atom stereocenters. The maximum atomic E-state index is 12.9. The standard InChI is InChI=1S/C23H33N3O2/c1-23(2,28)11-10-19-6-8-21(9-7-19)22(27)26-12-4-5-20(18-26)17-25-15-13-24(3)14-16-25/h6-9,20,28H,4-5,12-18H2,1-3H3. The van der Waals surface area contributed by atoms with Crippen molar-refractivity contribution in [3.05, 3.63) is 35.4 Å². The van der Waals surface area contributed by atoms with E-state index in [2.05, 4.69) is 28.7 Å². The predicted molar refractivity (Wildman–Crippen MR) is 112 cm³/mol. The zero-order valence-electron chi connectivity index (χ0n) is 17.4. The number of likely N-dealkylation sites (N-methyl/N-ethyl adjacent to an activating group) is 1. The number of benzene rings is 1. The normalized spacial score (nSPS) is 21.9. The third-order valence-electron chi connectivity index (χ3n) is 5.56. The van der Waals surface area contributed by atoms with Crippen LogP contribution in [0.15, 0.2) is 24.3 Å². The van der Waals surface area contributed by atoms with Gasteiger partial charge in [0.1, 0.15) is 5.60 Å². The third-order valence-corrected chi connectivity index (χ3v) is 5.56. The van der Waals surface area contributed by atoms with E-state index in [1.807, 2.05) is 29.2 Å². The molecule has 0 aliphatic carbocycles. The molecule has 1 amide bonds. The Morgan fingerprint density at radius 2 is 1.82 bits per heavy atom. The summed E-state index contributed by atoms with van der Waals surface area (Å²) >= 11 is 0. The second-order valence-electron chi connectivity index (χ2n) is 8.75. The maximum Gasteiger partial charge on any atom is 0.253 e. The van der Waals surface area contributed by atoms with Crippen LogP contribution in [0.3, 0.4) is 0 Å². The smallest absolute Gasteiger partial charge is 0.253 e. The molecule has 5 nitrogen and oxygen atoms in total. The van der Waals surface area contributed by atoms with E-state index in [0.29, 0.717) is 11.5 Å². The molecule has 1 N–H and O–H groups in total. The summed E-state index contributed by atoms with van der Waals surface area (Å²) in [6.45, 7) is 10.7. The van der Waals surface area contributed by atoms with Gasteiger partial charge >= 0.3 is 0 Å². The van der Waals surface area contributed by atoms with E-state index in [0.717, 1.165) is 57.8 Å². The monoisotopic (exact) mass is 383 g/mol. The molecule has 28 heavy (non-hydrogen) atoms. The number of aliphatic hydroxyl groups is 1. The number of carbonyl (C=O) groups excluding carboxylic acids is 1. The van der Waals surface area contributed by atoms with Gasteiger partial charge in [-0.2, -0.15) is 0 Å². The minimum Gasteiger partial charge on any atom is -0.378 e. The molecule has 3 rings (SSSR count). The topological polar surface area (TPSA) is 47.0 Å². The van der Waals surface area contributed by atoms with Crippen LogP contribution in [0.5, 0.6) is 0 Å². The van der Waals surface area contributed by atoms with E-state index >= 15 is 0 Å². The van der Waals surface area contributed by atoms with Crippen molar-refractivity contribution in [2.75, 3.05) is 52.9 Å². The van der Waals surface area contributed by atoms with E-state index in [4.69, 9.17) is 0 Å². The molecule has 0 radical (unpaired) electrons. The average Bonchev–Trinajstić information content (AvgIpc) is 2.68. The summed E-state index contributed by atoms with van der Waals surface area (Å²) in [5, 5.41) is 9.71. The molecule has 2 aliphatic heterocycles. The molecular weight excluding hydrogens is 350 g/mol. The van der Waals surface area contributed by atoms with Gasteiger partial charge in [0.25, 0.3) is 5.91 Å². The van der Waals surface area contributed by atoms with Crippen LogP contribution in [0.2, 0.25) is 0 Å². The molecule has 2 aliphatic rings. The Bertz CT molecular complexity index is 719. The van der Waals surface area contributed by atoms with Gasteiger partial charge in [0.15, 0.2) is 0 Å². The highest BCUT2D eigenvalue weighted by Crippen LogP contribution is 2.20. The van der Waals surface area contributed by atoms with E-state index in [1.54, 1.807) is 13.8 Å². The van der Waals surface area contributed by atoms with Crippen LogP contribution < -0.4 is 0 Å². The summed E-state index contributed by atoms with van der Waals surface area (Å²) < 4.78 is 0. The van der Waals surface area contributed by atoms with Gasteiger partial charge in [-0.1, -0.05) is 11.8 Å². The molecule has 0 bridgehead atoms. The molecule has 152 valence electrons. The summed E-state index contributed by atoms with van der Waals surface area (Å²) in [5.74, 6) is 6.44. The zero-order valence-corrected chi connectivity index (χ0v) is 17.4. The second kappa shape index (κ2) is 9.09. The Kier molecular flexibility index (Phi) is 6.77. The van der Waals surface area contributed by atoms with Crippen molar-refractivity contribution in [3.63, 3.8) is 0 Å². The number of nitrogens with zero attached hydrogens (tertiary/aromatic N) is 3. The SMILES string of the molecule is CN1CCN(CC2CCCN(C(=O)c3ccc(C#CC(C)(C)O)cc3)C2)CC1. The van der Waals surface area contributed by atoms with Crippen molar-refractivity contribution in [2.24, 2.45) is 5.92 Å². The van der Waals surface area contributed by atoms with Gasteiger partial charge in [-0.15, -0.1) is 0 Å². The first-order valence-electron chi connectivity index (χ1n) is 10.4. The summed E-state index contributed by atoms with van der Waals surface area (Å²) in [6.07, 6.45) is 2.29. The fourth-order valence-corrected chi connectivity index (χ4v) is 3.90. The molecule has 2 fully saturated rings. The van der Waals surface area contributed by atoms with Crippen LogP contribution in [0, 0.1) is 17.8 Å². The molecule has 0 spiro atoms. The number of likely N-dealkylation sites (tertiary alicyclic amines) is 1.